The number of nitrogens with one attached hydrogen (secondary N) is 1. The van der Waals surface area contributed by atoms with Crippen LogP contribution >= 0.6 is 0 Å². The number of carbonyl (C=O) groups excluding carboxylic acids is 1. The molecule has 0 saturated carbocycles. The maximum atomic E-state index is 11.5. The average molecular weight is 293 g/mol. The Balaban J connectivity index is 1.81. The molecule has 1 atom stereocenters. The van der Waals surface area contributed by atoms with Gasteiger partial charge in [0, 0.05) is 31.7 Å². The molecule has 0 spiro atoms. The van der Waals surface area contributed by atoms with Gasteiger partial charge < -0.3 is 20.9 Å². The molecule has 1 aliphatic heterocycles. The van der Waals surface area contributed by atoms with Crippen LogP contribution in [0.15, 0.2) is 24.3 Å². The Hall–Kier alpha value is -1.63. The Bertz CT molecular complexity index is 467. The maximum Gasteiger partial charge on any atom is 0.234 e. The van der Waals surface area contributed by atoms with Gasteiger partial charge in [0.2, 0.25) is 5.91 Å². The predicted molar refractivity (Wildman–Crippen MR) is 79.9 cm³/mol. The summed E-state index contributed by atoms with van der Waals surface area (Å²) in [5.41, 5.74) is 6.56. The van der Waals surface area contributed by atoms with Crippen LogP contribution in [0.2, 0.25) is 0 Å². The first-order chi connectivity index (χ1) is 10.2. The van der Waals surface area contributed by atoms with Crippen molar-refractivity contribution in [3.05, 3.63) is 29.8 Å². The summed E-state index contributed by atoms with van der Waals surface area (Å²) in [6.45, 7) is 2.85. The zero-order valence-electron chi connectivity index (χ0n) is 12.1. The molecule has 1 unspecified atom stereocenters. The van der Waals surface area contributed by atoms with Crippen molar-refractivity contribution < 1.29 is 14.6 Å². The van der Waals surface area contributed by atoms with Crippen molar-refractivity contribution in [1.29, 1.82) is 0 Å². The lowest BCUT2D eigenvalue weighted by molar-refractivity contribution is -0.121. The number of β-amino-alcohol motifs (C(OH)–C–C–N with tert-alkyl or cyclic N) is 1. The number of hydrogen-bond acceptors (Lipinski definition) is 5. The van der Waals surface area contributed by atoms with Gasteiger partial charge in [-0.15, -0.1) is 0 Å². The fraction of sp³-hybridized carbons (Fsp3) is 0.533. The second-order valence-electron chi connectivity index (χ2n) is 5.22. The molecule has 1 aromatic carbocycles. The van der Waals surface area contributed by atoms with Crippen molar-refractivity contribution in [2.24, 2.45) is 5.73 Å². The molecule has 1 aromatic rings. The van der Waals surface area contributed by atoms with Crippen LogP contribution in [0.25, 0.3) is 0 Å². The SMILES string of the molecule is NCc1ccccc1OCC(O)CN1CCCNC(=O)C1. The fourth-order valence-corrected chi connectivity index (χ4v) is 2.37. The molecular weight excluding hydrogens is 270 g/mol. The highest BCUT2D eigenvalue weighted by Gasteiger charge is 2.18. The number of aliphatic hydroxyl groups is 1. The number of hydrogen-bond donors (Lipinski definition) is 3. The summed E-state index contributed by atoms with van der Waals surface area (Å²) in [5, 5.41) is 12.9. The Morgan fingerprint density at radius 3 is 3.05 bits per heavy atom. The van der Waals surface area contributed by atoms with E-state index >= 15 is 0 Å². The van der Waals surface area contributed by atoms with Gasteiger partial charge in [-0.3, -0.25) is 9.69 Å². The van der Waals surface area contributed by atoms with E-state index in [-0.39, 0.29) is 12.5 Å². The zero-order valence-corrected chi connectivity index (χ0v) is 12.1. The molecule has 1 saturated heterocycles. The zero-order chi connectivity index (χ0) is 15.1. The third-order valence-corrected chi connectivity index (χ3v) is 3.43. The number of para-hydroxylation sites is 1. The largest absolute Gasteiger partial charge is 0.491 e. The second kappa shape index (κ2) is 7.97. The maximum absolute atomic E-state index is 11.5. The Kier molecular flexibility index (Phi) is 5.98. The first kappa shape index (κ1) is 15.8. The minimum atomic E-state index is -0.637. The van der Waals surface area contributed by atoms with E-state index in [1.165, 1.54) is 0 Å². The average Bonchev–Trinajstić information content (AvgIpc) is 2.69. The highest BCUT2D eigenvalue weighted by Crippen LogP contribution is 2.17. The molecule has 0 bridgehead atoms. The van der Waals surface area contributed by atoms with Gasteiger partial charge in [0.15, 0.2) is 0 Å². The molecule has 0 aliphatic carbocycles. The summed E-state index contributed by atoms with van der Waals surface area (Å²) >= 11 is 0. The highest BCUT2D eigenvalue weighted by atomic mass is 16.5. The summed E-state index contributed by atoms with van der Waals surface area (Å²) in [6, 6.07) is 7.52. The lowest BCUT2D eigenvalue weighted by Crippen LogP contribution is -2.39. The highest BCUT2D eigenvalue weighted by molar-refractivity contribution is 5.78. The topological polar surface area (TPSA) is 87.8 Å². The van der Waals surface area contributed by atoms with E-state index < -0.39 is 6.10 Å². The van der Waals surface area contributed by atoms with Gasteiger partial charge in [-0.05, 0) is 12.5 Å². The van der Waals surface area contributed by atoms with Crippen LogP contribution in [0, 0.1) is 0 Å². The molecule has 6 nitrogen and oxygen atoms in total. The van der Waals surface area contributed by atoms with E-state index in [0.29, 0.717) is 31.9 Å². The number of carbonyl (C=O) groups is 1. The lowest BCUT2D eigenvalue weighted by Gasteiger charge is -2.22. The smallest absolute Gasteiger partial charge is 0.234 e. The van der Waals surface area contributed by atoms with Crippen LogP contribution in [0.4, 0.5) is 0 Å². The van der Waals surface area contributed by atoms with Gasteiger partial charge in [-0.1, -0.05) is 18.2 Å². The van der Waals surface area contributed by atoms with E-state index in [2.05, 4.69) is 5.32 Å². The monoisotopic (exact) mass is 293 g/mol. The van der Waals surface area contributed by atoms with Gasteiger partial charge in [0.05, 0.1) is 6.54 Å². The van der Waals surface area contributed by atoms with E-state index in [9.17, 15) is 9.90 Å². The van der Waals surface area contributed by atoms with Crippen molar-refractivity contribution in [2.75, 3.05) is 32.8 Å². The van der Waals surface area contributed by atoms with Gasteiger partial charge in [0.1, 0.15) is 18.5 Å². The second-order valence-corrected chi connectivity index (χ2v) is 5.22. The molecule has 116 valence electrons. The standard InChI is InChI=1S/C15H23N3O3/c16-8-12-4-1-2-5-14(12)21-11-13(19)9-18-7-3-6-17-15(20)10-18/h1-2,4-5,13,19H,3,6-11,16H2,(H,17,20). The summed E-state index contributed by atoms with van der Waals surface area (Å²) in [4.78, 5) is 13.4. The molecule has 1 heterocycles. The lowest BCUT2D eigenvalue weighted by atomic mass is 10.2. The third kappa shape index (κ3) is 5.00. The molecule has 4 N–H and O–H groups in total. The first-order valence-electron chi connectivity index (χ1n) is 7.27. The van der Waals surface area contributed by atoms with Crippen LogP contribution in [0.1, 0.15) is 12.0 Å². The number of nitrogens with zero attached hydrogens (tertiary/aromatic N) is 1. The molecule has 1 fully saturated rings. The van der Waals surface area contributed by atoms with Crippen LogP contribution < -0.4 is 15.8 Å². The Morgan fingerprint density at radius 1 is 1.43 bits per heavy atom. The van der Waals surface area contributed by atoms with E-state index in [0.717, 1.165) is 18.5 Å². The third-order valence-electron chi connectivity index (χ3n) is 3.43. The van der Waals surface area contributed by atoms with Crippen molar-refractivity contribution in [3.8, 4) is 5.75 Å². The van der Waals surface area contributed by atoms with Crippen molar-refractivity contribution in [2.45, 2.75) is 19.1 Å². The number of rotatable bonds is 6. The number of nitrogens with two attached hydrogens (primary N) is 1. The van der Waals surface area contributed by atoms with Gasteiger partial charge in [-0.25, -0.2) is 0 Å². The number of ether oxygens (including phenoxy) is 1. The Morgan fingerprint density at radius 2 is 2.24 bits per heavy atom. The van der Waals surface area contributed by atoms with Crippen molar-refractivity contribution >= 4 is 5.91 Å². The fourth-order valence-electron chi connectivity index (χ4n) is 2.37. The number of benzene rings is 1. The van der Waals surface area contributed by atoms with Crippen LogP contribution in [0.3, 0.4) is 0 Å². The molecule has 21 heavy (non-hydrogen) atoms. The Labute approximate surface area is 124 Å². The minimum Gasteiger partial charge on any atom is -0.491 e. The van der Waals surface area contributed by atoms with Gasteiger partial charge >= 0.3 is 0 Å². The van der Waals surface area contributed by atoms with Crippen molar-refractivity contribution in [3.63, 3.8) is 0 Å². The number of amides is 1. The molecule has 6 heteroatoms. The van der Waals surface area contributed by atoms with E-state index in [1.807, 2.05) is 29.2 Å². The summed E-state index contributed by atoms with van der Waals surface area (Å²) < 4.78 is 5.63. The van der Waals surface area contributed by atoms with E-state index in [1.54, 1.807) is 0 Å². The van der Waals surface area contributed by atoms with Gasteiger partial charge in [0.25, 0.3) is 0 Å². The quantitative estimate of drug-likeness (QED) is 0.671. The predicted octanol–water partition coefficient (Wildman–Crippen LogP) is -0.293. The van der Waals surface area contributed by atoms with Crippen LogP contribution in [-0.2, 0) is 11.3 Å². The molecule has 0 aromatic heterocycles. The molecule has 1 aliphatic rings. The van der Waals surface area contributed by atoms with Gasteiger partial charge in [-0.2, -0.15) is 0 Å². The van der Waals surface area contributed by atoms with Crippen LogP contribution in [0.5, 0.6) is 5.75 Å². The molecule has 2 rings (SSSR count). The molecule has 1 amide bonds. The summed E-state index contributed by atoms with van der Waals surface area (Å²) in [6.07, 6.45) is 0.261. The first-order valence-corrected chi connectivity index (χ1v) is 7.27. The van der Waals surface area contributed by atoms with Crippen LogP contribution in [-0.4, -0.2) is 54.8 Å². The molecule has 0 radical (unpaired) electrons. The minimum absolute atomic E-state index is 0.00842. The van der Waals surface area contributed by atoms with Crippen molar-refractivity contribution in [1.82, 2.24) is 10.2 Å². The summed E-state index contributed by atoms with van der Waals surface area (Å²) in [5.74, 6) is 0.710. The molecular formula is C15H23N3O3. The number of aliphatic hydroxyl groups excluding tert-OH is 1. The van der Waals surface area contributed by atoms with E-state index in [4.69, 9.17) is 10.5 Å². The summed E-state index contributed by atoms with van der Waals surface area (Å²) in [7, 11) is 0. The normalized spacial score (nSPS) is 17.9.